The standard InChI is InChI=1S/C10H20O2/c1-3-10(12-4-2)9(11)7-8-5-6-8/h8-11H,3-7H2,1-2H3. The quantitative estimate of drug-likeness (QED) is 0.663. The molecule has 0 aliphatic heterocycles. The van der Waals surface area contributed by atoms with Crippen LogP contribution >= 0.6 is 0 Å². The molecule has 0 bridgehead atoms. The molecular weight excluding hydrogens is 152 g/mol. The average molecular weight is 172 g/mol. The molecule has 1 aliphatic rings. The molecule has 0 amide bonds. The number of hydrogen-bond donors (Lipinski definition) is 1. The number of aliphatic hydroxyl groups excluding tert-OH is 1. The van der Waals surface area contributed by atoms with Crippen LogP contribution in [0.3, 0.4) is 0 Å². The third-order valence-corrected chi connectivity index (χ3v) is 2.48. The molecule has 12 heavy (non-hydrogen) atoms. The van der Waals surface area contributed by atoms with Crippen LogP contribution in [0.5, 0.6) is 0 Å². The first-order chi connectivity index (χ1) is 5.77. The van der Waals surface area contributed by atoms with Crippen LogP contribution in [0.25, 0.3) is 0 Å². The summed E-state index contributed by atoms with van der Waals surface area (Å²) in [5, 5.41) is 9.73. The highest BCUT2D eigenvalue weighted by atomic mass is 16.5. The second-order valence-electron chi connectivity index (χ2n) is 3.65. The van der Waals surface area contributed by atoms with Gasteiger partial charge in [-0.15, -0.1) is 0 Å². The largest absolute Gasteiger partial charge is 0.390 e. The molecule has 2 heteroatoms. The minimum Gasteiger partial charge on any atom is -0.390 e. The van der Waals surface area contributed by atoms with E-state index in [1.54, 1.807) is 0 Å². The lowest BCUT2D eigenvalue weighted by molar-refractivity contribution is -0.0392. The SMILES string of the molecule is CCOC(CC)C(O)CC1CC1. The number of aliphatic hydroxyl groups is 1. The Morgan fingerprint density at radius 3 is 2.50 bits per heavy atom. The van der Waals surface area contributed by atoms with Crippen molar-refractivity contribution in [2.45, 2.75) is 51.7 Å². The maximum absolute atomic E-state index is 9.73. The molecule has 0 saturated heterocycles. The summed E-state index contributed by atoms with van der Waals surface area (Å²) in [5.74, 6) is 0.787. The highest BCUT2D eigenvalue weighted by Gasteiger charge is 2.28. The molecule has 0 spiro atoms. The Hall–Kier alpha value is -0.0800. The van der Waals surface area contributed by atoms with Crippen LogP contribution in [0.4, 0.5) is 0 Å². The predicted octanol–water partition coefficient (Wildman–Crippen LogP) is 1.96. The van der Waals surface area contributed by atoms with Crippen LogP contribution in [-0.2, 0) is 4.74 Å². The Labute approximate surface area is 74.9 Å². The molecule has 0 aromatic rings. The molecule has 2 unspecified atom stereocenters. The lowest BCUT2D eigenvalue weighted by Gasteiger charge is -2.21. The van der Waals surface area contributed by atoms with Gasteiger partial charge in [-0.2, -0.15) is 0 Å². The van der Waals surface area contributed by atoms with E-state index in [0.717, 1.165) is 18.8 Å². The summed E-state index contributed by atoms with van der Waals surface area (Å²) in [7, 11) is 0. The Balaban J connectivity index is 2.19. The Morgan fingerprint density at radius 1 is 1.42 bits per heavy atom. The van der Waals surface area contributed by atoms with Gasteiger partial charge in [0.1, 0.15) is 0 Å². The van der Waals surface area contributed by atoms with Gasteiger partial charge in [0.05, 0.1) is 12.2 Å². The first kappa shape index (κ1) is 10.0. The zero-order valence-electron chi connectivity index (χ0n) is 8.12. The summed E-state index contributed by atoms with van der Waals surface area (Å²) in [6.07, 6.45) is 4.30. The van der Waals surface area contributed by atoms with Crippen molar-refractivity contribution in [2.24, 2.45) is 5.92 Å². The summed E-state index contributed by atoms with van der Waals surface area (Å²) in [6.45, 7) is 4.75. The Kier molecular flexibility index (Phi) is 4.02. The zero-order chi connectivity index (χ0) is 8.97. The van der Waals surface area contributed by atoms with Gasteiger partial charge in [0.2, 0.25) is 0 Å². The summed E-state index contributed by atoms with van der Waals surface area (Å²) < 4.78 is 5.43. The van der Waals surface area contributed by atoms with Gasteiger partial charge >= 0.3 is 0 Å². The van der Waals surface area contributed by atoms with E-state index in [1.165, 1.54) is 12.8 Å². The third-order valence-electron chi connectivity index (χ3n) is 2.48. The number of ether oxygens (including phenoxy) is 1. The highest BCUT2D eigenvalue weighted by molar-refractivity contribution is 4.79. The van der Waals surface area contributed by atoms with Crippen molar-refractivity contribution in [3.63, 3.8) is 0 Å². The van der Waals surface area contributed by atoms with Crippen LogP contribution in [0.1, 0.15) is 39.5 Å². The number of rotatable bonds is 6. The van der Waals surface area contributed by atoms with Crippen LogP contribution in [0.15, 0.2) is 0 Å². The van der Waals surface area contributed by atoms with Crippen molar-refractivity contribution in [3.05, 3.63) is 0 Å². The third kappa shape index (κ3) is 3.11. The highest BCUT2D eigenvalue weighted by Crippen LogP contribution is 2.34. The van der Waals surface area contributed by atoms with E-state index in [-0.39, 0.29) is 12.2 Å². The molecular formula is C10H20O2. The van der Waals surface area contributed by atoms with Gasteiger partial charge in [-0.1, -0.05) is 19.8 Å². The van der Waals surface area contributed by atoms with Crippen LogP contribution in [0, 0.1) is 5.92 Å². The molecule has 1 aliphatic carbocycles. The van der Waals surface area contributed by atoms with Crippen molar-refractivity contribution < 1.29 is 9.84 Å². The molecule has 1 fully saturated rings. The van der Waals surface area contributed by atoms with Gasteiger partial charge in [-0.3, -0.25) is 0 Å². The number of hydrogen-bond acceptors (Lipinski definition) is 2. The first-order valence-electron chi connectivity index (χ1n) is 5.07. The zero-order valence-corrected chi connectivity index (χ0v) is 8.12. The van der Waals surface area contributed by atoms with E-state index >= 15 is 0 Å². The van der Waals surface area contributed by atoms with Gasteiger partial charge in [0, 0.05) is 6.61 Å². The minimum absolute atomic E-state index is 0.0654. The molecule has 0 aromatic carbocycles. The van der Waals surface area contributed by atoms with Crippen molar-refractivity contribution in [3.8, 4) is 0 Å². The second kappa shape index (κ2) is 4.83. The summed E-state index contributed by atoms with van der Waals surface area (Å²) in [5.41, 5.74) is 0. The van der Waals surface area contributed by atoms with Crippen LogP contribution in [-0.4, -0.2) is 23.9 Å². The molecule has 0 radical (unpaired) electrons. The second-order valence-corrected chi connectivity index (χ2v) is 3.65. The van der Waals surface area contributed by atoms with E-state index < -0.39 is 0 Å². The monoisotopic (exact) mass is 172 g/mol. The minimum atomic E-state index is -0.234. The van der Waals surface area contributed by atoms with E-state index in [9.17, 15) is 5.11 Å². The van der Waals surface area contributed by atoms with Gasteiger partial charge in [0.25, 0.3) is 0 Å². The van der Waals surface area contributed by atoms with E-state index in [0.29, 0.717) is 6.61 Å². The van der Waals surface area contributed by atoms with Crippen molar-refractivity contribution >= 4 is 0 Å². The fraction of sp³-hybridized carbons (Fsp3) is 1.00. The van der Waals surface area contributed by atoms with E-state index in [4.69, 9.17) is 4.74 Å². The van der Waals surface area contributed by atoms with Gasteiger partial charge in [-0.05, 0) is 25.7 Å². The lowest BCUT2D eigenvalue weighted by Crippen LogP contribution is -2.28. The Bertz CT molecular complexity index is 121. The van der Waals surface area contributed by atoms with Gasteiger partial charge < -0.3 is 9.84 Å². The first-order valence-corrected chi connectivity index (χ1v) is 5.07. The summed E-state index contributed by atoms with van der Waals surface area (Å²) in [6, 6.07) is 0. The van der Waals surface area contributed by atoms with Crippen LogP contribution in [0.2, 0.25) is 0 Å². The molecule has 0 heterocycles. The molecule has 1 saturated carbocycles. The maximum atomic E-state index is 9.73. The molecule has 1 N–H and O–H groups in total. The molecule has 2 atom stereocenters. The fourth-order valence-electron chi connectivity index (χ4n) is 1.56. The molecule has 1 rings (SSSR count). The smallest absolute Gasteiger partial charge is 0.0831 e. The van der Waals surface area contributed by atoms with E-state index in [1.807, 2.05) is 6.92 Å². The van der Waals surface area contributed by atoms with Crippen LogP contribution < -0.4 is 0 Å². The average Bonchev–Trinajstić information content (AvgIpc) is 2.83. The van der Waals surface area contributed by atoms with Gasteiger partial charge in [0.15, 0.2) is 0 Å². The molecule has 0 aromatic heterocycles. The van der Waals surface area contributed by atoms with Crippen molar-refractivity contribution in [1.82, 2.24) is 0 Å². The summed E-state index contributed by atoms with van der Waals surface area (Å²) in [4.78, 5) is 0. The molecule has 2 nitrogen and oxygen atoms in total. The predicted molar refractivity (Wildman–Crippen MR) is 49.1 cm³/mol. The normalized spacial score (nSPS) is 22.2. The molecule has 72 valence electrons. The van der Waals surface area contributed by atoms with Crippen molar-refractivity contribution in [2.75, 3.05) is 6.61 Å². The topological polar surface area (TPSA) is 29.5 Å². The maximum Gasteiger partial charge on any atom is 0.0831 e. The Morgan fingerprint density at radius 2 is 2.08 bits per heavy atom. The fourth-order valence-corrected chi connectivity index (χ4v) is 1.56. The van der Waals surface area contributed by atoms with Crippen molar-refractivity contribution in [1.29, 1.82) is 0 Å². The lowest BCUT2D eigenvalue weighted by atomic mass is 10.1. The van der Waals surface area contributed by atoms with Gasteiger partial charge in [-0.25, -0.2) is 0 Å². The summed E-state index contributed by atoms with van der Waals surface area (Å²) >= 11 is 0. The van der Waals surface area contributed by atoms with E-state index in [2.05, 4.69) is 6.92 Å².